The largest absolute Gasteiger partial charge is 0.488 e. The van der Waals surface area contributed by atoms with Crippen molar-refractivity contribution < 1.29 is 19.4 Å². The number of rotatable bonds is 7. The van der Waals surface area contributed by atoms with Gasteiger partial charge in [-0.25, -0.2) is 9.79 Å². The minimum atomic E-state index is -1.01. The molecule has 0 aromatic heterocycles. The number of aliphatic imine (C=N–C) groups is 1. The van der Waals surface area contributed by atoms with Crippen LogP contribution in [0.25, 0.3) is 6.08 Å². The summed E-state index contributed by atoms with van der Waals surface area (Å²) in [6.07, 6.45) is 1.78. The number of carboxylic acids is 1. The maximum Gasteiger partial charge on any atom is 0.335 e. The predicted octanol–water partition coefficient (Wildman–Crippen LogP) is 7.66. The number of benzene rings is 3. The number of halogens is 3. The molecule has 3 aromatic carbocycles. The number of amidine groups is 1. The van der Waals surface area contributed by atoms with Crippen LogP contribution in [-0.2, 0) is 11.4 Å². The lowest BCUT2D eigenvalue weighted by molar-refractivity contribution is -0.122. The molecule has 4 rings (SSSR count). The maximum absolute atomic E-state index is 13.1. The molecular formula is C26H19BrCl2N2O4S. The molecule has 0 unspecified atom stereocenters. The second-order valence-electron chi connectivity index (χ2n) is 7.63. The Kier molecular flexibility index (Phi) is 8.41. The zero-order chi connectivity index (χ0) is 25.8. The van der Waals surface area contributed by atoms with Gasteiger partial charge < -0.3 is 9.84 Å². The minimum absolute atomic E-state index is 0.168. The number of aromatic carboxylic acids is 1. The number of nitrogens with zero attached hydrogens (tertiary/aromatic N) is 2. The monoisotopic (exact) mass is 604 g/mol. The average Bonchev–Trinajstić information content (AvgIpc) is 3.14. The van der Waals surface area contributed by atoms with Crippen LogP contribution in [-0.4, -0.2) is 33.6 Å². The van der Waals surface area contributed by atoms with Gasteiger partial charge in [0.15, 0.2) is 5.17 Å². The highest BCUT2D eigenvalue weighted by Gasteiger charge is 2.32. The lowest BCUT2D eigenvalue weighted by atomic mass is 10.1. The van der Waals surface area contributed by atoms with Crippen molar-refractivity contribution in [2.75, 3.05) is 6.54 Å². The van der Waals surface area contributed by atoms with Gasteiger partial charge in [-0.3, -0.25) is 9.69 Å². The number of hydrogen-bond donors (Lipinski definition) is 1. The highest BCUT2D eigenvalue weighted by molar-refractivity contribution is 9.10. The zero-order valence-electron chi connectivity index (χ0n) is 18.9. The van der Waals surface area contributed by atoms with E-state index in [4.69, 9.17) is 33.0 Å². The summed E-state index contributed by atoms with van der Waals surface area (Å²) in [6, 6.07) is 17.1. The molecule has 0 saturated carbocycles. The molecule has 184 valence electrons. The van der Waals surface area contributed by atoms with Crippen molar-refractivity contribution in [2.45, 2.75) is 13.5 Å². The van der Waals surface area contributed by atoms with Crippen LogP contribution >= 0.6 is 50.9 Å². The van der Waals surface area contributed by atoms with E-state index in [9.17, 15) is 9.59 Å². The lowest BCUT2D eigenvalue weighted by Crippen LogP contribution is -2.28. The third kappa shape index (κ3) is 6.13. The zero-order valence-corrected chi connectivity index (χ0v) is 22.8. The molecule has 1 amide bonds. The number of carboxylic acid groups (broad SMARTS) is 1. The molecule has 1 heterocycles. The molecule has 0 bridgehead atoms. The van der Waals surface area contributed by atoms with Crippen LogP contribution in [0.2, 0.25) is 10.0 Å². The number of hydrogen-bond acceptors (Lipinski definition) is 5. The summed E-state index contributed by atoms with van der Waals surface area (Å²) in [5.74, 6) is -0.576. The standard InChI is InChI=1S/C26H19BrCl2N2O4S/c1-2-31-24(32)23(36-26(31)30-19-7-4-16(5-8-19)25(33)34)13-17-12-18(27)6-10-22(17)35-14-15-3-9-20(28)21(29)11-15/h3-13H,2,14H2,1H3,(H,33,34)/b23-13-,30-26?. The Bertz CT molecular complexity index is 1390. The van der Waals surface area contributed by atoms with E-state index < -0.39 is 5.97 Å². The number of carbonyl (C=O) groups excluding carboxylic acids is 1. The highest BCUT2D eigenvalue weighted by Crippen LogP contribution is 2.36. The Labute approximate surface area is 230 Å². The van der Waals surface area contributed by atoms with E-state index in [1.54, 1.807) is 35.2 Å². The third-order valence-corrected chi connectivity index (χ3v) is 7.42. The normalized spacial score (nSPS) is 15.7. The molecule has 0 radical (unpaired) electrons. The third-order valence-electron chi connectivity index (χ3n) is 5.18. The van der Waals surface area contributed by atoms with Crippen molar-refractivity contribution in [1.82, 2.24) is 4.90 Å². The van der Waals surface area contributed by atoms with E-state index in [2.05, 4.69) is 20.9 Å². The van der Waals surface area contributed by atoms with Gasteiger partial charge in [0.1, 0.15) is 12.4 Å². The molecule has 1 N–H and O–H groups in total. The first kappa shape index (κ1) is 26.3. The number of thioether (sulfide) groups is 1. The lowest BCUT2D eigenvalue weighted by Gasteiger charge is -2.12. The van der Waals surface area contributed by atoms with Gasteiger partial charge in [-0.1, -0.05) is 45.2 Å². The maximum atomic E-state index is 13.1. The molecule has 10 heteroatoms. The summed E-state index contributed by atoms with van der Waals surface area (Å²) in [4.78, 5) is 30.9. The number of likely N-dealkylation sites (N-methyl/N-ethyl adjacent to an activating group) is 1. The van der Waals surface area contributed by atoms with Crippen molar-refractivity contribution >= 4 is 79.7 Å². The fraction of sp³-hybridized carbons (Fsp3) is 0.115. The first-order valence-electron chi connectivity index (χ1n) is 10.7. The van der Waals surface area contributed by atoms with Gasteiger partial charge in [-0.15, -0.1) is 0 Å². The van der Waals surface area contributed by atoms with Crippen molar-refractivity contribution in [3.63, 3.8) is 0 Å². The topological polar surface area (TPSA) is 79.2 Å². The molecule has 3 aromatic rings. The van der Waals surface area contributed by atoms with Crippen LogP contribution < -0.4 is 4.74 Å². The summed E-state index contributed by atoms with van der Waals surface area (Å²) in [7, 11) is 0. The second-order valence-corrected chi connectivity index (χ2v) is 10.4. The predicted molar refractivity (Wildman–Crippen MR) is 148 cm³/mol. The van der Waals surface area contributed by atoms with Gasteiger partial charge in [0, 0.05) is 16.6 Å². The van der Waals surface area contributed by atoms with E-state index >= 15 is 0 Å². The van der Waals surface area contributed by atoms with E-state index in [1.165, 1.54) is 23.9 Å². The molecule has 1 aliphatic rings. The summed E-state index contributed by atoms with van der Waals surface area (Å²) in [6.45, 7) is 2.58. The van der Waals surface area contributed by atoms with Gasteiger partial charge in [0.25, 0.3) is 5.91 Å². The van der Waals surface area contributed by atoms with E-state index in [1.807, 2.05) is 31.2 Å². The van der Waals surface area contributed by atoms with E-state index in [-0.39, 0.29) is 18.1 Å². The van der Waals surface area contributed by atoms with Gasteiger partial charge >= 0.3 is 5.97 Å². The summed E-state index contributed by atoms with van der Waals surface area (Å²) in [5.41, 5.74) is 2.31. The Hall–Kier alpha value is -2.78. The van der Waals surface area contributed by atoms with Gasteiger partial charge in [0.2, 0.25) is 0 Å². The van der Waals surface area contributed by atoms with Crippen molar-refractivity contribution in [3.05, 3.63) is 96.8 Å². The summed E-state index contributed by atoms with van der Waals surface area (Å²) >= 11 is 16.9. The van der Waals surface area contributed by atoms with Gasteiger partial charge in [0.05, 0.1) is 26.2 Å². The number of amides is 1. The van der Waals surface area contributed by atoms with Crippen LogP contribution in [0, 0.1) is 0 Å². The number of ether oxygens (including phenoxy) is 1. The molecule has 1 saturated heterocycles. The molecule has 0 aliphatic carbocycles. The molecule has 0 spiro atoms. The fourth-order valence-corrected chi connectivity index (χ4v) is 5.11. The SMILES string of the molecule is CCN1C(=O)/C(=C/c2cc(Br)ccc2OCc2ccc(Cl)c(Cl)c2)SC1=Nc1ccc(C(=O)O)cc1. The fourth-order valence-electron chi connectivity index (χ4n) is 3.35. The second kappa shape index (κ2) is 11.5. The van der Waals surface area contributed by atoms with Crippen LogP contribution in [0.4, 0.5) is 5.69 Å². The van der Waals surface area contributed by atoms with Gasteiger partial charge in [-0.05, 0) is 84.9 Å². The Morgan fingerprint density at radius 3 is 2.53 bits per heavy atom. The first-order chi connectivity index (χ1) is 17.2. The first-order valence-corrected chi connectivity index (χ1v) is 13.1. The van der Waals surface area contributed by atoms with Crippen molar-refractivity contribution in [1.29, 1.82) is 0 Å². The van der Waals surface area contributed by atoms with Crippen LogP contribution in [0.1, 0.15) is 28.4 Å². The smallest absolute Gasteiger partial charge is 0.335 e. The van der Waals surface area contributed by atoms with Crippen molar-refractivity contribution in [2.24, 2.45) is 4.99 Å². The van der Waals surface area contributed by atoms with E-state index in [0.717, 1.165) is 15.6 Å². The van der Waals surface area contributed by atoms with Crippen LogP contribution in [0.5, 0.6) is 5.75 Å². The van der Waals surface area contributed by atoms with Gasteiger partial charge in [-0.2, -0.15) is 0 Å². The Morgan fingerprint density at radius 2 is 1.86 bits per heavy atom. The molecule has 1 fully saturated rings. The van der Waals surface area contributed by atoms with Crippen molar-refractivity contribution in [3.8, 4) is 5.75 Å². The molecular weight excluding hydrogens is 587 g/mol. The molecule has 36 heavy (non-hydrogen) atoms. The van der Waals surface area contributed by atoms with Crippen LogP contribution in [0.15, 0.2) is 75.0 Å². The molecule has 0 atom stereocenters. The van der Waals surface area contributed by atoms with E-state index in [0.29, 0.717) is 38.1 Å². The molecule has 6 nitrogen and oxygen atoms in total. The number of carbonyl (C=O) groups is 2. The quantitative estimate of drug-likeness (QED) is 0.280. The highest BCUT2D eigenvalue weighted by atomic mass is 79.9. The average molecular weight is 606 g/mol. The molecule has 1 aliphatic heterocycles. The Morgan fingerprint density at radius 1 is 1.11 bits per heavy atom. The Balaban J connectivity index is 1.60. The summed E-state index contributed by atoms with van der Waals surface area (Å²) in [5, 5.41) is 10.5. The minimum Gasteiger partial charge on any atom is -0.488 e. The van der Waals surface area contributed by atoms with Crippen LogP contribution in [0.3, 0.4) is 0 Å². The summed E-state index contributed by atoms with van der Waals surface area (Å²) < 4.78 is 6.88.